The van der Waals surface area contributed by atoms with E-state index in [9.17, 15) is 4.79 Å². The minimum atomic E-state index is -0.433. The first kappa shape index (κ1) is 20.1. The van der Waals surface area contributed by atoms with Gasteiger partial charge in [-0.1, -0.05) is 78.5 Å². The topological polar surface area (TPSA) is 81.1 Å². The van der Waals surface area contributed by atoms with E-state index in [-0.39, 0.29) is 18.6 Å². The van der Waals surface area contributed by atoms with E-state index in [1.807, 2.05) is 95.7 Å². The van der Waals surface area contributed by atoms with Gasteiger partial charge in [-0.25, -0.2) is 4.68 Å². The van der Waals surface area contributed by atoms with Crippen molar-refractivity contribution in [1.82, 2.24) is 14.9 Å². The van der Waals surface area contributed by atoms with E-state index in [1.165, 1.54) is 11.8 Å². The zero-order valence-electron chi connectivity index (χ0n) is 17.1. The molecule has 0 spiro atoms. The largest absolute Gasteiger partial charge is 0.486 e. The first-order valence-electron chi connectivity index (χ1n) is 10.2. The van der Waals surface area contributed by atoms with E-state index in [0.29, 0.717) is 11.0 Å². The Kier molecular flexibility index (Phi) is 5.76. The molecule has 0 aliphatic carbocycles. The minimum Gasteiger partial charge on any atom is -0.486 e. The minimum absolute atomic E-state index is 0.0983. The Morgan fingerprint density at radius 3 is 2.31 bits per heavy atom. The molecule has 2 atom stereocenters. The fourth-order valence-electron chi connectivity index (χ4n) is 3.50. The molecule has 32 heavy (non-hydrogen) atoms. The molecule has 1 aliphatic heterocycles. The maximum absolute atomic E-state index is 13.2. The molecule has 0 saturated heterocycles. The molecule has 2 heterocycles. The van der Waals surface area contributed by atoms with Gasteiger partial charge < -0.3 is 15.5 Å². The van der Waals surface area contributed by atoms with Crippen LogP contribution < -0.4 is 15.5 Å². The average Bonchev–Trinajstić information content (AvgIpc) is 3.26. The summed E-state index contributed by atoms with van der Waals surface area (Å²) in [6.07, 6.45) is 0. The van der Waals surface area contributed by atoms with Gasteiger partial charge >= 0.3 is 0 Å². The van der Waals surface area contributed by atoms with Crippen LogP contribution in [0, 0.1) is 0 Å². The summed E-state index contributed by atoms with van der Waals surface area (Å²) in [6, 6.07) is 28.7. The molecule has 8 heteroatoms. The second-order valence-electron chi connectivity index (χ2n) is 7.25. The summed E-state index contributed by atoms with van der Waals surface area (Å²) in [5, 5.41) is 11.8. The van der Waals surface area contributed by atoms with E-state index in [1.54, 1.807) is 0 Å². The third-order valence-electron chi connectivity index (χ3n) is 5.07. The number of carbonyl (C=O) groups is 1. The van der Waals surface area contributed by atoms with Crippen LogP contribution in [0.5, 0.6) is 5.75 Å². The summed E-state index contributed by atoms with van der Waals surface area (Å²) >= 11 is 1.39. The van der Waals surface area contributed by atoms with Crippen LogP contribution in [0.25, 0.3) is 0 Å². The quantitative estimate of drug-likeness (QED) is 0.464. The molecule has 1 amide bonds. The molecular formula is C24H21N5O2S. The van der Waals surface area contributed by atoms with Gasteiger partial charge in [0.05, 0.1) is 6.04 Å². The number of benzene rings is 3. The predicted molar refractivity (Wildman–Crippen MR) is 124 cm³/mol. The highest BCUT2D eigenvalue weighted by atomic mass is 32.2. The second-order valence-corrected chi connectivity index (χ2v) is 8.36. The molecule has 160 valence electrons. The van der Waals surface area contributed by atoms with Gasteiger partial charge in [0.25, 0.3) is 0 Å². The van der Waals surface area contributed by atoms with E-state index in [2.05, 4.69) is 20.9 Å². The van der Waals surface area contributed by atoms with Gasteiger partial charge in [0.1, 0.15) is 17.6 Å². The number of hydrogen-bond acceptors (Lipinski definition) is 6. The number of nitrogens with zero attached hydrogens (tertiary/aromatic N) is 3. The molecule has 0 fully saturated rings. The maximum atomic E-state index is 13.2. The van der Waals surface area contributed by atoms with Crippen molar-refractivity contribution < 1.29 is 9.53 Å². The van der Waals surface area contributed by atoms with Crippen LogP contribution in [-0.4, -0.2) is 26.0 Å². The lowest BCUT2D eigenvalue weighted by Crippen LogP contribution is -2.41. The third kappa shape index (κ3) is 4.31. The zero-order chi connectivity index (χ0) is 21.8. The van der Waals surface area contributed by atoms with Gasteiger partial charge in [-0.15, -0.1) is 10.2 Å². The number of para-hydroxylation sites is 2. The van der Waals surface area contributed by atoms with Crippen LogP contribution in [0.4, 0.5) is 5.69 Å². The number of carbonyl (C=O) groups excluding carboxylic acids is 1. The first-order chi connectivity index (χ1) is 15.8. The SMILES string of the molecule is O=C(Nc1ccccc1)[C@H]1Sc2nnc(COc3ccccc3)n2N[C@@H]1c1ccccc1. The molecule has 0 radical (unpaired) electrons. The summed E-state index contributed by atoms with van der Waals surface area (Å²) in [7, 11) is 0. The highest BCUT2D eigenvalue weighted by Gasteiger charge is 2.37. The lowest BCUT2D eigenvalue weighted by molar-refractivity contribution is -0.116. The number of fused-ring (bicyclic) bond motifs is 1. The number of thioether (sulfide) groups is 1. The van der Waals surface area contributed by atoms with Gasteiger partial charge in [-0.05, 0) is 29.8 Å². The normalized spacial score (nSPS) is 17.1. The van der Waals surface area contributed by atoms with Gasteiger partial charge in [0.15, 0.2) is 5.82 Å². The molecule has 1 aromatic heterocycles. The molecule has 2 N–H and O–H groups in total. The van der Waals surface area contributed by atoms with Crippen LogP contribution in [-0.2, 0) is 11.4 Å². The Morgan fingerprint density at radius 2 is 1.59 bits per heavy atom. The van der Waals surface area contributed by atoms with Crippen LogP contribution >= 0.6 is 11.8 Å². The highest BCUT2D eigenvalue weighted by Crippen LogP contribution is 2.37. The van der Waals surface area contributed by atoms with E-state index in [4.69, 9.17) is 4.74 Å². The Hall–Kier alpha value is -3.78. The zero-order valence-corrected chi connectivity index (χ0v) is 17.9. The Labute approximate surface area is 189 Å². The first-order valence-corrected chi connectivity index (χ1v) is 11.1. The molecule has 0 saturated carbocycles. The van der Waals surface area contributed by atoms with E-state index >= 15 is 0 Å². The number of anilines is 1. The van der Waals surface area contributed by atoms with Crippen molar-refractivity contribution in [2.75, 3.05) is 10.7 Å². The van der Waals surface area contributed by atoms with Crippen molar-refractivity contribution in [3.8, 4) is 5.75 Å². The lowest BCUT2D eigenvalue weighted by atomic mass is 10.0. The van der Waals surface area contributed by atoms with Crippen LogP contribution in [0.1, 0.15) is 17.4 Å². The highest BCUT2D eigenvalue weighted by molar-refractivity contribution is 8.00. The Bertz CT molecular complexity index is 1190. The van der Waals surface area contributed by atoms with Gasteiger partial charge in [-0.2, -0.15) is 0 Å². The van der Waals surface area contributed by atoms with Crippen molar-refractivity contribution in [2.45, 2.75) is 23.1 Å². The van der Waals surface area contributed by atoms with Crippen molar-refractivity contribution >= 4 is 23.4 Å². The molecule has 1 aliphatic rings. The molecular weight excluding hydrogens is 422 g/mol. The molecule has 3 aromatic carbocycles. The summed E-state index contributed by atoms with van der Waals surface area (Å²) in [5.41, 5.74) is 5.21. The van der Waals surface area contributed by atoms with E-state index < -0.39 is 5.25 Å². The number of ether oxygens (including phenoxy) is 1. The molecule has 0 unspecified atom stereocenters. The Morgan fingerprint density at radius 1 is 0.938 bits per heavy atom. The van der Waals surface area contributed by atoms with Crippen LogP contribution in [0.3, 0.4) is 0 Å². The summed E-state index contributed by atoms with van der Waals surface area (Å²) < 4.78 is 7.68. The lowest BCUT2D eigenvalue weighted by Gasteiger charge is -2.33. The van der Waals surface area contributed by atoms with Gasteiger partial charge in [0, 0.05) is 5.69 Å². The van der Waals surface area contributed by atoms with Crippen LogP contribution in [0.15, 0.2) is 96.2 Å². The average molecular weight is 444 g/mol. The maximum Gasteiger partial charge on any atom is 0.240 e. The summed E-state index contributed by atoms with van der Waals surface area (Å²) in [6.45, 7) is 0.257. The standard InChI is InChI=1S/C24H21N5O2S/c30-23(25-18-12-6-2-7-13-18)22-21(17-10-4-1-5-11-17)28-29-20(26-27-24(29)32-22)16-31-19-14-8-3-9-15-19/h1-15,21-22,28H,16H2,(H,25,30)/t21-,22+/m1/s1. The van der Waals surface area contributed by atoms with E-state index in [0.717, 1.165) is 17.0 Å². The summed E-state index contributed by atoms with van der Waals surface area (Å²) in [4.78, 5) is 13.2. The monoisotopic (exact) mass is 443 g/mol. The predicted octanol–water partition coefficient (Wildman–Crippen LogP) is 4.25. The molecule has 0 bridgehead atoms. The number of amides is 1. The second kappa shape index (κ2) is 9.15. The van der Waals surface area contributed by atoms with Gasteiger partial charge in [-0.3, -0.25) is 4.79 Å². The van der Waals surface area contributed by atoms with Crippen molar-refractivity contribution in [2.24, 2.45) is 0 Å². The van der Waals surface area contributed by atoms with Crippen LogP contribution in [0.2, 0.25) is 0 Å². The fraction of sp³-hybridized carbons (Fsp3) is 0.125. The number of hydrogen-bond donors (Lipinski definition) is 2. The number of nitrogens with one attached hydrogen (secondary N) is 2. The number of aromatic nitrogens is 3. The molecule has 4 aromatic rings. The van der Waals surface area contributed by atoms with Gasteiger partial charge in [0.2, 0.25) is 11.1 Å². The summed E-state index contributed by atoms with van der Waals surface area (Å²) in [5.74, 6) is 1.30. The molecule has 5 rings (SSSR count). The Balaban J connectivity index is 1.41. The smallest absolute Gasteiger partial charge is 0.240 e. The molecule has 7 nitrogen and oxygen atoms in total. The van der Waals surface area contributed by atoms with Crippen molar-refractivity contribution in [3.63, 3.8) is 0 Å². The van der Waals surface area contributed by atoms with Crippen molar-refractivity contribution in [3.05, 3.63) is 102 Å². The van der Waals surface area contributed by atoms with Crippen molar-refractivity contribution in [1.29, 1.82) is 0 Å². The number of rotatable bonds is 6. The fourth-order valence-corrected chi connectivity index (χ4v) is 4.60. The third-order valence-corrected chi connectivity index (χ3v) is 6.29.